The maximum absolute atomic E-state index is 7.02. The molecule has 1 aliphatic heterocycles. The summed E-state index contributed by atoms with van der Waals surface area (Å²) in [6, 6.07) is 118. The number of imidazole rings is 1. The number of rotatable bonds is 10. The van der Waals surface area contributed by atoms with Gasteiger partial charge in [-0.05, 0) is 143 Å². The second kappa shape index (κ2) is 22.2. The van der Waals surface area contributed by atoms with E-state index in [4.69, 9.17) is 9.72 Å². The van der Waals surface area contributed by atoms with E-state index in [2.05, 4.69) is 361 Å². The van der Waals surface area contributed by atoms with Crippen molar-refractivity contribution >= 4 is 83.5 Å². The molecule has 7 heteroatoms. The molecule has 17 aromatic rings. The van der Waals surface area contributed by atoms with Crippen molar-refractivity contribution in [2.75, 3.05) is 0 Å². The van der Waals surface area contributed by atoms with Crippen molar-refractivity contribution in [1.29, 1.82) is 0 Å². The fourth-order valence-electron chi connectivity index (χ4n) is 15.3. The number of hydrogen-bond acceptors (Lipinski definition) is 2. The Morgan fingerprint density at radius 2 is 0.895 bits per heavy atom. The van der Waals surface area contributed by atoms with Gasteiger partial charge < -0.3 is 9.30 Å². The lowest BCUT2D eigenvalue weighted by atomic mass is 9.88. The van der Waals surface area contributed by atoms with Gasteiger partial charge in [0.2, 0.25) is 0 Å². The Labute approximate surface area is 552 Å². The Balaban J connectivity index is 0.867. The largest absolute Gasteiger partial charge is 0.458 e. The van der Waals surface area contributed by atoms with Crippen LogP contribution in [0.3, 0.4) is 0 Å². The van der Waals surface area contributed by atoms with Crippen LogP contribution >= 0.6 is 0 Å². The zero-order valence-electron chi connectivity index (χ0n) is 52.8. The minimum absolute atomic E-state index is 0.0500. The van der Waals surface area contributed by atoms with Gasteiger partial charge in [-0.2, -0.15) is 0 Å². The molecular formula is C88H63N5OSi. The van der Waals surface area contributed by atoms with Crippen LogP contribution < -0.4 is 30.1 Å². The average molecular weight is 1230 g/mol. The van der Waals surface area contributed by atoms with Crippen molar-refractivity contribution in [1.82, 2.24) is 18.7 Å². The van der Waals surface area contributed by atoms with Crippen molar-refractivity contribution in [3.63, 3.8) is 0 Å². The van der Waals surface area contributed by atoms with Crippen molar-refractivity contribution in [3.05, 3.63) is 340 Å². The summed E-state index contributed by atoms with van der Waals surface area (Å²) in [7, 11) is -3.03. The van der Waals surface area contributed by atoms with E-state index in [-0.39, 0.29) is 5.41 Å². The number of fused-ring (bicyclic) bond motifs is 13. The molecule has 0 N–H and O–H groups in total. The van der Waals surface area contributed by atoms with Gasteiger partial charge in [0.25, 0.3) is 6.33 Å². The third-order valence-corrected chi connectivity index (χ3v) is 24.4. The summed E-state index contributed by atoms with van der Waals surface area (Å²) in [6.07, 6.45) is 6.02. The van der Waals surface area contributed by atoms with Gasteiger partial charge in [0.05, 0.1) is 50.2 Å². The Hall–Kier alpha value is -11.9. The number of hydrogen-bond donors (Lipinski definition) is 0. The van der Waals surface area contributed by atoms with Crippen LogP contribution in [0.1, 0.15) is 26.3 Å². The van der Waals surface area contributed by atoms with Crippen molar-refractivity contribution in [3.8, 4) is 78.9 Å². The predicted octanol–water partition coefficient (Wildman–Crippen LogP) is 18.7. The number of ether oxygens (including phenoxy) is 1. The molecule has 0 bridgehead atoms. The topological polar surface area (TPSA) is 40.8 Å². The molecule has 0 fully saturated rings. The summed E-state index contributed by atoms with van der Waals surface area (Å²) in [4.78, 5) is 4.97. The van der Waals surface area contributed by atoms with Gasteiger partial charge in [0, 0.05) is 39.4 Å². The molecule has 6 nitrogen and oxygen atoms in total. The van der Waals surface area contributed by atoms with Crippen LogP contribution in [0.15, 0.2) is 328 Å². The first-order chi connectivity index (χ1) is 46.8. The van der Waals surface area contributed by atoms with Gasteiger partial charge in [-0.3, -0.25) is 13.7 Å². The number of pyridine rings is 1. The fourth-order valence-corrected chi connectivity index (χ4v) is 20.1. The van der Waals surface area contributed by atoms with Gasteiger partial charge in [0.1, 0.15) is 17.3 Å². The van der Waals surface area contributed by atoms with E-state index in [1.54, 1.807) is 0 Å². The van der Waals surface area contributed by atoms with E-state index in [0.717, 1.165) is 117 Å². The van der Waals surface area contributed by atoms with Crippen LogP contribution in [-0.2, 0) is 5.41 Å². The first-order valence-electron chi connectivity index (χ1n) is 32.7. The summed E-state index contributed by atoms with van der Waals surface area (Å²) < 4.78 is 16.3. The zero-order valence-corrected chi connectivity index (χ0v) is 53.8. The molecule has 450 valence electrons. The third-order valence-electron chi connectivity index (χ3n) is 19.6. The highest BCUT2D eigenvalue weighted by atomic mass is 28.3. The van der Waals surface area contributed by atoms with E-state index in [9.17, 15) is 0 Å². The highest BCUT2D eigenvalue weighted by molar-refractivity contribution is 7.20. The molecule has 0 atom stereocenters. The van der Waals surface area contributed by atoms with E-state index in [1.165, 1.54) is 37.1 Å². The van der Waals surface area contributed by atoms with E-state index >= 15 is 0 Å². The van der Waals surface area contributed by atoms with Gasteiger partial charge in [-0.1, -0.05) is 263 Å². The first-order valence-corrected chi connectivity index (χ1v) is 34.7. The van der Waals surface area contributed by atoms with Crippen LogP contribution in [0.5, 0.6) is 11.5 Å². The molecule has 5 heterocycles. The molecular weight excluding hydrogens is 1170 g/mol. The van der Waals surface area contributed by atoms with Crippen molar-refractivity contribution in [2.45, 2.75) is 26.2 Å². The van der Waals surface area contributed by atoms with E-state index < -0.39 is 8.07 Å². The first kappa shape index (κ1) is 55.9. The summed E-state index contributed by atoms with van der Waals surface area (Å²) in [5.74, 6) is 2.30. The summed E-state index contributed by atoms with van der Waals surface area (Å²) in [5.41, 5.74) is 19.7. The van der Waals surface area contributed by atoms with Gasteiger partial charge in [-0.15, -0.1) is 0 Å². The van der Waals surface area contributed by atoms with Gasteiger partial charge in [-0.25, -0.2) is 4.98 Å². The lowest BCUT2D eigenvalue weighted by Gasteiger charge is -2.35. The molecule has 95 heavy (non-hydrogen) atoms. The van der Waals surface area contributed by atoms with Crippen LogP contribution in [0.4, 0.5) is 0 Å². The quantitative estimate of drug-likeness (QED) is 0.0593. The third kappa shape index (κ3) is 8.99. The monoisotopic (exact) mass is 1230 g/mol. The van der Waals surface area contributed by atoms with Gasteiger partial charge in [0.15, 0.2) is 8.07 Å². The Morgan fingerprint density at radius 3 is 1.56 bits per heavy atom. The minimum Gasteiger partial charge on any atom is -0.458 e. The zero-order chi connectivity index (χ0) is 63.4. The minimum atomic E-state index is -3.03. The standard InChI is InChI=1S/C88H63N5OSi/c1-88(2,3)60-51-52-89-86(54-60)93-82-43-22-18-38-74(82)75-49-46-63(56-85(75)93)94-62-26-23-25-61(55-62)90-58-91-84-53-59(68-33-15-19-40-79(68)92-80-41-20-16-36-72(80)73-37-17-21-42-81(73)92)45-48-76(84)78-57-67(47-50-71(78)69-34-13-14-35-70(69)77-39-24-44-83(90)87(77)91)95(64-27-7-4-8-28-64,65-29-9-5-10-30-65)66-31-11-6-12-32-66/h4-57H,1-3H3. The molecule has 4 aromatic heterocycles. The Morgan fingerprint density at radius 1 is 0.368 bits per heavy atom. The smallest absolute Gasteiger partial charge is 0.269 e. The molecule has 1 aliphatic rings. The Bertz CT molecular complexity index is 5730. The van der Waals surface area contributed by atoms with Crippen LogP contribution in [0, 0.1) is 6.33 Å². The van der Waals surface area contributed by atoms with Crippen LogP contribution in [0.25, 0.3) is 122 Å². The van der Waals surface area contributed by atoms with Gasteiger partial charge >= 0.3 is 0 Å². The molecule has 18 rings (SSSR count). The molecule has 0 radical (unpaired) electrons. The number of benzene rings is 13. The molecule has 0 amide bonds. The lowest BCUT2D eigenvalue weighted by molar-refractivity contribution is -0.571. The molecule has 0 aliphatic carbocycles. The molecule has 13 aromatic carbocycles. The average Bonchev–Trinajstić information content (AvgIpc) is 1.71. The van der Waals surface area contributed by atoms with Crippen LogP contribution in [0.2, 0.25) is 0 Å². The second-order valence-electron chi connectivity index (χ2n) is 26.0. The molecule has 0 unspecified atom stereocenters. The molecule has 0 saturated heterocycles. The number of aromatic nitrogens is 5. The molecule has 0 saturated carbocycles. The Kier molecular flexibility index (Phi) is 13.0. The maximum Gasteiger partial charge on any atom is 0.269 e. The summed E-state index contributed by atoms with van der Waals surface area (Å²) in [6.45, 7) is 6.74. The maximum atomic E-state index is 7.02. The van der Waals surface area contributed by atoms with E-state index in [1.807, 2.05) is 12.3 Å². The van der Waals surface area contributed by atoms with E-state index in [0.29, 0.717) is 5.75 Å². The number of nitrogens with zero attached hydrogens (tertiary/aromatic N) is 5. The lowest BCUT2D eigenvalue weighted by Crippen LogP contribution is -2.74. The summed E-state index contributed by atoms with van der Waals surface area (Å²) >= 11 is 0. The van der Waals surface area contributed by atoms with Crippen molar-refractivity contribution < 1.29 is 9.30 Å². The number of para-hydroxylation sites is 5. The summed E-state index contributed by atoms with van der Waals surface area (Å²) in [5, 5.41) is 10.00. The SMILES string of the molecule is CC(C)(C)c1ccnc(-n2c3ccccc3c3ccc(Oc4cccc(-n5[c-][n+]6c7c(cccc75)-c5ccccc5-c5ccc([Si](c7ccccc7)(c7ccccc7)c7ccccc7)cc5-c5ccc(-c7ccccc7-n7c8ccccc8c8ccccc87)cc5-6)c4)cc32)c1. The highest BCUT2D eigenvalue weighted by Crippen LogP contribution is 2.46. The van der Waals surface area contributed by atoms with Crippen LogP contribution in [-0.4, -0.2) is 26.8 Å². The predicted molar refractivity (Wildman–Crippen MR) is 394 cm³/mol. The molecule has 0 spiro atoms. The van der Waals surface area contributed by atoms with Crippen molar-refractivity contribution in [2.24, 2.45) is 0 Å². The second-order valence-corrected chi connectivity index (χ2v) is 29.8. The fraction of sp³-hybridized carbons (Fsp3) is 0.0455. The highest BCUT2D eigenvalue weighted by Gasteiger charge is 2.42. The normalized spacial score (nSPS) is 12.2.